The maximum Gasteiger partial charge on any atom is 0.285 e. The summed E-state index contributed by atoms with van der Waals surface area (Å²) >= 11 is 3.23. The van der Waals surface area contributed by atoms with Gasteiger partial charge >= 0.3 is 0 Å². The van der Waals surface area contributed by atoms with E-state index >= 15 is 0 Å². The van der Waals surface area contributed by atoms with Crippen LogP contribution in [0.1, 0.15) is 39.1 Å². The number of alkyl halides is 2. The summed E-state index contributed by atoms with van der Waals surface area (Å²) in [5, 5.41) is 2.54. The Hall–Kier alpha value is -3.45. The molecular weight excluding hydrogens is 588 g/mol. The number of para-hydroxylation sites is 1. The molecule has 0 aliphatic carbocycles. The number of carbonyl (C=O) groups is 2. The second-order valence-corrected chi connectivity index (χ2v) is 10.2. The first-order valence-electron chi connectivity index (χ1n) is 12.2. The van der Waals surface area contributed by atoms with Crippen molar-refractivity contribution >= 4 is 44.3 Å². The number of amides is 2. The zero-order valence-corrected chi connectivity index (χ0v) is 22.0. The molecule has 3 heterocycles. The van der Waals surface area contributed by atoms with E-state index < -0.39 is 47.0 Å². The molecule has 0 saturated carbocycles. The number of nitrogens with zero attached hydrogens (tertiary/aromatic N) is 2. The summed E-state index contributed by atoms with van der Waals surface area (Å²) in [5.41, 5.74) is -2.33. The summed E-state index contributed by atoms with van der Waals surface area (Å²) < 4.78 is 62.9. The van der Waals surface area contributed by atoms with E-state index in [0.717, 1.165) is 6.07 Å². The number of aromatic nitrogens is 1. The van der Waals surface area contributed by atoms with E-state index in [1.807, 2.05) is 0 Å². The van der Waals surface area contributed by atoms with E-state index in [-0.39, 0.29) is 40.8 Å². The van der Waals surface area contributed by atoms with Gasteiger partial charge in [0.25, 0.3) is 23.8 Å². The number of aromatic amines is 1. The largest absolute Gasteiger partial charge is 0.378 e. The number of hydrogen-bond acceptors (Lipinski definition) is 5. The van der Waals surface area contributed by atoms with Gasteiger partial charge in [0.05, 0.1) is 35.5 Å². The van der Waals surface area contributed by atoms with Gasteiger partial charge in [0.2, 0.25) is 5.82 Å². The van der Waals surface area contributed by atoms with Gasteiger partial charge in [-0.15, -0.1) is 0 Å². The third-order valence-corrected chi connectivity index (χ3v) is 7.33. The molecule has 1 atom stereocenters. The van der Waals surface area contributed by atoms with Gasteiger partial charge < -0.3 is 24.8 Å². The van der Waals surface area contributed by atoms with E-state index in [4.69, 9.17) is 4.74 Å². The molecule has 39 heavy (non-hydrogen) atoms. The average Bonchev–Trinajstić information content (AvgIpc) is 3.37. The third-order valence-electron chi connectivity index (χ3n) is 6.88. The lowest BCUT2D eigenvalue weighted by Crippen LogP contribution is -2.42. The number of morpholine rings is 1. The van der Waals surface area contributed by atoms with Crippen molar-refractivity contribution in [3.05, 3.63) is 73.5 Å². The SMILES string of the molecule is O=C(N[C@@H]1CCN(c2c(C(=O)N3CCOCC3)cc(Br)cc2C(F)F)C1)c1c(F)c(=O)[nH]c2c(F)cccc12. The normalized spacial score (nSPS) is 17.7. The number of fused-ring (bicyclic) bond motifs is 1. The van der Waals surface area contributed by atoms with Crippen LogP contribution in [0.15, 0.2) is 39.6 Å². The van der Waals surface area contributed by atoms with Crippen LogP contribution >= 0.6 is 15.9 Å². The molecule has 3 aromatic rings. The molecule has 2 N–H and O–H groups in total. The monoisotopic (exact) mass is 610 g/mol. The first-order chi connectivity index (χ1) is 18.7. The minimum atomic E-state index is -2.88. The second-order valence-electron chi connectivity index (χ2n) is 9.31. The van der Waals surface area contributed by atoms with Crippen molar-refractivity contribution < 1.29 is 31.9 Å². The van der Waals surface area contributed by atoms with Crippen LogP contribution in [0.25, 0.3) is 10.9 Å². The molecule has 2 saturated heterocycles. The summed E-state index contributed by atoms with van der Waals surface area (Å²) in [5.74, 6) is -3.52. The fourth-order valence-electron chi connectivity index (χ4n) is 5.06. The molecule has 2 amide bonds. The number of H-pyrrole nitrogens is 1. The highest BCUT2D eigenvalue weighted by Crippen LogP contribution is 2.38. The van der Waals surface area contributed by atoms with Gasteiger partial charge in [-0.1, -0.05) is 28.1 Å². The van der Waals surface area contributed by atoms with Crippen LogP contribution in [-0.2, 0) is 4.74 Å². The topological polar surface area (TPSA) is 94.7 Å². The smallest absolute Gasteiger partial charge is 0.285 e. The van der Waals surface area contributed by atoms with E-state index in [1.54, 1.807) is 9.80 Å². The average molecular weight is 611 g/mol. The Morgan fingerprint density at radius 3 is 2.59 bits per heavy atom. The molecule has 2 aliphatic rings. The van der Waals surface area contributed by atoms with Crippen LogP contribution in [-0.4, -0.2) is 67.1 Å². The Morgan fingerprint density at radius 2 is 1.87 bits per heavy atom. The van der Waals surface area contributed by atoms with Crippen molar-refractivity contribution in [1.82, 2.24) is 15.2 Å². The highest BCUT2D eigenvalue weighted by atomic mass is 79.9. The van der Waals surface area contributed by atoms with E-state index in [9.17, 15) is 31.9 Å². The summed E-state index contributed by atoms with van der Waals surface area (Å²) in [6.07, 6.45) is -2.58. The zero-order chi connectivity index (χ0) is 27.8. The van der Waals surface area contributed by atoms with Crippen LogP contribution in [0.5, 0.6) is 0 Å². The minimum absolute atomic E-state index is 0.0492. The molecular formula is C26H23BrF4N4O4. The van der Waals surface area contributed by atoms with Crippen LogP contribution in [0.4, 0.5) is 23.2 Å². The Kier molecular flexibility index (Phi) is 7.63. The molecule has 2 aliphatic heterocycles. The van der Waals surface area contributed by atoms with Gasteiger partial charge in [0, 0.05) is 47.6 Å². The molecule has 5 rings (SSSR count). The number of anilines is 1. The summed E-state index contributed by atoms with van der Waals surface area (Å²) in [7, 11) is 0. The van der Waals surface area contributed by atoms with Gasteiger partial charge in [0.15, 0.2) is 0 Å². The number of benzene rings is 2. The number of halogens is 5. The van der Waals surface area contributed by atoms with Crippen molar-refractivity contribution in [3.8, 4) is 0 Å². The standard InChI is InChI=1S/C26H23BrF4N4O4/c27-13-10-16(23(30)31)22(17(11-13)26(38)34-6-8-39-9-7-34)35-5-4-14(12-35)32-24(36)19-15-2-1-3-18(28)21(15)33-25(37)20(19)29/h1-3,10-11,14,23H,4-9,12H2,(H,32,36)(H,33,37)/t14-/m1/s1. The van der Waals surface area contributed by atoms with E-state index in [1.165, 1.54) is 24.3 Å². The van der Waals surface area contributed by atoms with Crippen molar-refractivity contribution in [1.29, 1.82) is 0 Å². The van der Waals surface area contributed by atoms with Gasteiger partial charge in [-0.25, -0.2) is 13.2 Å². The lowest BCUT2D eigenvalue weighted by molar-refractivity contribution is 0.0303. The van der Waals surface area contributed by atoms with Crippen molar-refractivity contribution in [2.24, 2.45) is 0 Å². The molecule has 13 heteroatoms. The molecule has 8 nitrogen and oxygen atoms in total. The fraction of sp³-hybridized carbons (Fsp3) is 0.346. The molecule has 0 spiro atoms. The first kappa shape index (κ1) is 27.1. The molecule has 206 valence electrons. The predicted molar refractivity (Wildman–Crippen MR) is 138 cm³/mol. The first-order valence-corrected chi connectivity index (χ1v) is 13.0. The maximum atomic E-state index is 14.8. The van der Waals surface area contributed by atoms with E-state index in [0.29, 0.717) is 37.2 Å². The number of carbonyl (C=O) groups excluding carboxylic acids is 2. The van der Waals surface area contributed by atoms with Crippen molar-refractivity contribution in [2.45, 2.75) is 18.9 Å². The molecule has 0 bridgehead atoms. The lowest BCUT2D eigenvalue weighted by Gasteiger charge is -2.30. The molecule has 1 aromatic heterocycles. The summed E-state index contributed by atoms with van der Waals surface area (Å²) in [6.45, 7) is 1.60. The molecule has 2 aromatic carbocycles. The number of ether oxygens (including phenoxy) is 1. The van der Waals surface area contributed by atoms with Crippen molar-refractivity contribution in [3.63, 3.8) is 0 Å². The van der Waals surface area contributed by atoms with Crippen molar-refractivity contribution in [2.75, 3.05) is 44.3 Å². The summed E-state index contributed by atoms with van der Waals surface area (Å²) in [6, 6.07) is 5.80. The van der Waals surface area contributed by atoms with Gasteiger partial charge in [-0.05, 0) is 24.6 Å². The van der Waals surface area contributed by atoms with Crippen LogP contribution in [0.3, 0.4) is 0 Å². The fourth-order valence-corrected chi connectivity index (χ4v) is 5.54. The Balaban J connectivity index is 1.44. The third kappa shape index (κ3) is 5.24. The van der Waals surface area contributed by atoms with Gasteiger partial charge in [-0.2, -0.15) is 4.39 Å². The van der Waals surface area contributed by atoms with Gasteiger partial charge in [-0.3, -0.25) is 14.4 Å². The Labute approximate surface area is 228 Å². The van der Waals surface area contributed by atoms with E-state index in [2.05, 4.69) is 26.2 Å². The number of hydrogen-bond donors (Lipinski definition) is 2. The maximum absolute atomic E-state index is 14.8. The Morgan fingerprint density at radius 1 is 1.13 bits per heavy atom. The Bertz CT molecular complexity index is 1510. The molecule has 0 radical (unpaired) electrons. The second kappa shape index (κ2) is 11.0. The number of pyridine rings is 1. The lowest BCUT2D eigenvalue weighted by atomic mass is 10.0. The minimum Gasteiger partial charge on any atom is -0.378 e. The summed E-state index contributed by atoms with van der Waals surface area (Å²) in [4.78, 5) is 43.7. The van der Waals surface area contributed by atoms with Crippen LogP contribution in [0.2, 0.25) is 0 Å². The van der Waals surface area contributed by atoms with Crippen LogP contribution < -0.4 is 15.8 Å². The predicted octanol–water partition coefficient (Wildman–Crippen LogP) is 3.99. The molecule has 0 unspecified atom stereocenters. The zero-order valence-electron chi connectivity index (χ0n) is 20.4. The highest BCUT2D eigenvalue weighted by molar-refractivity contribution is 9.10. The highest BCUT2D eigenvalue weighted by Gasteiger charge is 2.34. The van der Waals surface area contributed by atoms with Crippen LogP contribution in [0, 0.1) is 11.6 Å². The number of nitrogens with one attached hydrogen (secondary N) is 2. The number of rotatable bonds is 5. The quantitative estimate of drug-likeness (QED) is 0.426. The van der Waals surface area contributed by atoms with Gasteiger partial charge in [0.1, 0.15) is 5.82 Å². The molecule has 2 fully saturated rings.